The van der Waals surface area contributed by atoms with Crippen LogP contribution in [0.5, 0.6) is 0 Å². The number of nitrogens with one attached hydrogen (secondary N) is 1. The van der Waals surface area contributed by atoms with Gasteiger partial charge in [-0.2, -0.15) is 8.88 Å². The van der Waals surface area contributed by atoms with E-state index < -0.39 is 83.8 Å². The Balaban J connectivity index is 1.03. The van der Waals surface area contributed by atoms with Crippen molar-refractivity contribution in [2.75, 3.05) is 18.5 Å². The molecule has 10 unspecified atom stereocenters. The summed E-state index contributed by atoms with van der Waals surface area (Å²) in [5.74, 6) is -0.372. The van der Waals surface area contributed by atoms with Crippen LogP contribution in [-0.4, -0.2) is 105 Å². The number of imidazole rings is 1. The second-order valence-electron chi connectivity index (χ2n) is 11.5. The summed E-state index contributed by atoms with van der Waals surface area (Å²) in [4.78, 5) is 44.5. The molecule has 274 valence electrons. The van der Waals surface area contributed by atoms with E-state index in [0.29, 0.717) is 17.9 Å². The van der Waals surface area contributed by atoms with Crippen molar-refractivity contribution in [3.63, 3.8) is 0 Å². The van der Waals surface area contributed by atoms with E-state index in [1.54, 1.807) is 0 Å². The number of pyridine rings is 1. The maximum atomic E-state index is 12.6. The summed E-state index contributed by atoms with van der Waals surface area (Å²) in [5.41, 5.74) is 6.89. The number of aliphatic hydroxyl groups excluding tert-OH is 4. The molecule has 2 aliphatic rings. The number of phosphoric acid groups is 2. The first-order valence-corrected chi connectivity index (χ1v) is 18.2. The SMILES string of the molecule is NC(=O)c1ccc[n+](C2OC(COP(=O)(O)OP(=O)(O)OCC3OC(n4cnc5c(NCc6ccccc6)ncnc54)C(O)C3O)C(O)C2O)c1. The fraction of sp³-hybridized carbons (Fsp3) is 0.393. The Hall–Kier alpha value is -3.79. The van der Waals surface area contributed by atoms with Crippen molar-refractivity contribution in [1.29, 1.82) is 0 Å². The molecule has 2 fully saturated rings. The number of carbonyl (C=O) groups is 1. The maximum Gasteiger partial charge on any atom is 0.481 e. The average molecular weight is 755 g/mol. The number of amides is 1. The minimum atomic E-state index is -5.39. The zero-order valence-electron chi connectivity index (χ0n) is 26.2. The number of ether oxygens (including phenoxy) is 2. The van der Waals surface area contributed by atoms with Crippen molar-refractivity contribution < 1.29 is 71.5 Å². The number of benzene rings is 1. The summed E-state index contributed by atoms with van der Waals surface area (Å²) < 4.78 is 52.8. The molecule has 0 spiro atoms. The number of nitrogens with two attached hydrogens (primary N) is 1. The van der Waals surface area contributed by atoms with Gasteiger partial charge < -0.3 is 50.7 Å². The zero-order chi connectivity index (χ0) is 36.5. The molecular formula is C28H34N7O14P2+. The first kappa shape index (κ1) is 37.0. The van der Waals surface area contributed by atoms with Crippen LogP contribution >= 0.6 is 15.6 Å². The Labute approximate surface area is 288 Å². The quantitative estimate of drug-likeness (QED) is 0.0566. The Bertz CT molecular complexity index is 1960. The van der Waals surface area contributed by atoms with Gasteiger partial charge in [0.2, 0.25) is 0 Å². The first-order valence-electron chi connectivity index (χ1n) is 15.2. The normalized spacial score (nSPS) is 28.7. The molecule has 1 amide bonds. The van der Waals surface area contributed by atoms with Gasteiger partial charge in [0.15, 0.2) is 41.7 Å². The molecule has 2 aliphatic heterocycles. The monoisotopic (exact) mass is 754 g/mol. The van der Waals surface area contributed by atoms with Crippen molar-refractivity contribution >= 4 is 38.5 Å². The second-order valence-corrected chi connectivity index (χ2v) is 14.5. The van der Waals surface area contributed by atoms with Crippen LogP contribution in [0.4, 0.5) is 5.82 Å². The standard InChI is InChI=1S/C28H33N7O14P2/c29-24(40)16-7-4-8-34(10-16)27-22(38)20(36)17(47-27)11-45-50(41,42)49-51(43,44)46-12-18-21(37)23(39)28(48-18)35-14-33-19-25(31-13-32-26(19)35)30-9-15-5-2-1-3-6-15/h1-8,10,13-14,17-18,20-23,27-28,36-39H,9,11-12H2,(H4-,29,30,31,32,40,41,42,43,44)/p+1. The summed E-state index contributed by atoms with van der Waals surface area (Å²) in [6.07, 6.45) is -6.67. The minimum absolute atomic E-state index is 0.0704. The lowest BCUT2D eigenvalue weighted by Crippen LogP contribution is -2.46. The van der Waals surface area contributed by atoms with Crippen LogP contribution in [0.3, 0.4) is 0 Å². The van der Waals surface area contributed by atoms with Gasteiger partial charge in [0, 0.05) is 12.6 Å². The van der Waals surface area contributed by atoms with Crippen LogP contribution in [-0.2, 0) is 38.5 Å². The summed E-state index contributed by atoms with van der Waals surface area (Å²) in [6, 6.07) is 12.4. The van der Waals surface area contributed by atoms with Crippen molar-refractivity contribution in [2.45, 2.75) is 55.6 Å². The molecule has 4 aromatic rings. The molecule has 1 aromatic carbocycles. The van der Waals surface area contributed by atoms with Crippen LogP contribution in [0, 0.1) is 0 Å². The fourth-order valence-corrected chi connectivity index (χ4v) is 7.56. The summed E-state index contributed by atoms with van der Waals surface area (Å²) in [7, 11) is -10.8. The number of phosphoric ester groups is 2. The molecule has 0 radical (unpaired) electrons. The highest BCUT2D eigenvalue weighted by Gasteiger charge is 2.50. The smallest absolute Gasteiger partial charge is 0.387 e. The Kier molecular flexibility index (Phi) is 10.9. The van der Waals surface area contributed by atoms with Crippen molar-refractivity contribution in [3.05, 3.63) is 78.6 Å². The highest BCUT2D eigenvalue weighted by molar-refractivity contribution is 7.61. The van der Waals surface area contributed by atoms with E-state index in [2.05, 4.69) is 24.6 Å². The second kappa shape index (κ2) is 15.1. The topological polar surface area (TPSA) is 304 Å². The lowest BCUT2D eigenvalue weighted by molar-refractivity contribution is -0.765. The Morgan fingerprint density at radius 2 is 1.57 bits per heavy atom. The predicted octanol–water partition coefficient (Wildman–Crippen LogP) is -0.986. The Morgan fingerprint density at radius 3 is 2.25 bits per heavy atom. The van der Waals surface area contributed by atoms with Gasteiger partial charge in [0.1, 0.15) is 42.4 Å². The highest BCUT2D eigenvalue weighted by atomic mass is 31.3. The molecule has 9 N–H and O–H groups in total. The van der Waals surface area contributed by atoms with E-state index in [-0.39, 0.29) is 11.2 Å². The third-order valence-corrected chi connectivity index (χ3v) is 10.6. The molecule has 23 heteroatoms. The molecule has 2 saturated heterocycles. The summed E-state index contributed by atoms with van der Waals surface area (Å²) >= 11 is 0. The highest BCUT2D eigenvalue weighted by Crippen LogP contribution is 2.60. The van der Waals surface area contributed by atoms with Crippen molar-refractivity contribution in [3.8, 4) is 0 Å². The molecule has 0 aliphatic carbocycles. The van der Waals surface area contributed by atoms with Crippen LogP contribution in [0.15, 0.2) is 67.5 Å². The maximum absolute atomic E-state index is 12.6. The molecule has 10 atom stereocenters. The van der Waals surface area contributed by atoms with E-state index in [9.17, 15) is 44.1 Å². The molecule has 21 nitrogen and oxygen atoms in total. The summed E-state index contributed by atoms with van der Waals surface area (Å²) in [6.45, 7) is -1.36. The van der Waals surface area contributed by atoms with E-state index in [4.69, 9.17) is 24.3 Å². The molecule has 6 rings (SSSR count). The fourth-order valence-electron chi connectivity index (χ4n) is 5.47. The van der Waals surface area contributed by atoms with Gasteiger partial charge in [0.25, 0.3) is 12.1 Å². The lowest BCUT2D eigenvalue weighted by atomic mass is 10.1. The number of carbonyl (C=O) groups excluding carboxylic acids is 1. The predicted molar refractivity (Wildman–Crippen MR) is 169 cm³/mol. The first-order chi connectivity index (χ1) is 24.2. The molecular weight excluding hydrogens is 720 g/mol. The van der Waals surface area contributed by atoms with E-state index >= 15 is 0 Å². The van der Waals surface area contributed by atoms with Gasteiger partial charge in [0.05, 0.1) is 19.5 Å². The van der Waals surface area contributed by atoms with Gasteiger partial charge >= 0.3 is 15.6 Å². The van der Waals surface area contributed by atoms with Crippen LogP contribution in [0.2, 0.25) is 0 Å². The van der Waals surface area contributed by atoms with Crippen LogP contribution in [0.25, 0.3) is 11.2 Å². The van der Waals surface area contributed by atoms with Crippen LogP contribution < -0.4 is 15.6 Å². The zero-order valence-corrected chi connectivity index (χ0v) is 28.0. The molecule has 5 heterocycles. The van der Waals surface area contributed by atoms with Gasteiger partial charge in [-0.25, -0.2) is 24.1 Å². The Morgan fingerprint density at radius 1 is 0.902 bits per heavy atom. The molecule has 3 aromatic heterocycles. The lowest BCUT2D eigenvalue weighted by Gasteiger charge is -2.20. The van der Waals surface area contributed by atoms with E-state index in [1.165, 1.54) is 46.3 Å². The summed E-state index contributed by atoms with van der Waals surface area (Å²) in [5, 5.41) is 45.4. The number of hydrogen-bond acceptors (Lipinski definition) is 16. The number of nitrogens with zero attached hydrogens (tertiary/aromatic N) is 5. The number of aliphatic hydroxyl groups is 4. The number of anilines is 1. The number of rotatable bonds is 14. The number of primary amides is 1. The van der Waals surface area contributed by atoms with Gasteiger partial charge in [-0.3, -0.25) is 18.4 Å². The van der Waals surface area contributed by atoms with Crippen LogP contribution in [0.1, 0.15) is 28.4 Å². The number of hydrogen-bond donors (Lipinski definition) is 8. The van der Waals surface area contributed by atoms with Gasteiger partial charge in [-0.1, -0.05) is 30.3 Å². The molecule has 51 heavy (non-hydrogen) atoms. The van der Waals surface area contributed by atoms with Gasteiger partial charge in [-0.15, -0.1) is 0 Å². The average Bonchev–Trinajstić information content (AvgIpc) is 3.75. The van der Waals surface area contributed by atoms with E-state index in [0.717, 1.165) is 5.56 Å². The van der Waals surface area contributed by atoms with Crippen molar-refractivity contribution in [2.24, 2.45) is 5.73 Å². The molecule has 0 saturated carbocycles. The molecule has 0 bridgehead atoms. The van der Waals surface area contributed by atoms with Crippen molar-refractivity contribution in [1.82, 2.24) is 19.5 Å². The number of aromatic nitrogens is 5. The number of fused-ring (bicyclic) bond motifs is 1. The van der Waals surface area contributed by atoms with E-state index in [1.807, 2.05) is 30.3 Å². The largest absolute Gasteiger partial charge is 0.481 e. The third kappa shape index (κ3) is 8.32. The minimum Gasteiger partial charge on any atom is -0.387 e. The van der Waals surface area contributed by atoms with Gasteiger partial charge in [-0.05, 0) is 11.6 Å². The third-order valence-electron chi connectivity index (χ3n) is 8.02.